The zero-order chi connectivity index (χ0) is 21.3. The molecule has 0 saturated heterocycles. The van der Waals surface area contributed by atoms with Crippen molar-refractivity contribution in [2.24, 2.45) is 15.3 Å². The van der Waals surface area contributed by atoms with Gasteiger partial charge in [-0.25, -0.2) is 4.98 Å². The maximum atomic E-state index is 12.8. The summed E-state index contributed by atoms with van der Waals surface area (Å²) in [5, 5.41) is 27.1. The number of hydrogen-bond acceptors (Lipinski definition) is 8. The van der Waals surface area contributed by atoms with Crippen LogP contribution in [0.2, 0.25) is 5.02 Å². The number of aromatic nitrogens is 1. The molecule has 4 rings (SSSR count). The van der Waals surface area contributed by atoms with Gasteiger partial charge in [-0.3, -0.25) is 14.9 Å². The van der Waals surface area contributed by atoms with Crippen molar-refractivity contribution in [1.29, 1.82) is 0 Å². The van der Waals surface area contributed by atoms with Crippen molar-refractivity contribution in [2.45, 2.75) is 13.0 Å². The van der Waals surface area contributed by atoms with Crippen molar-refractivity contribution in [1.82, 2.24) is 4.98 Å². The number of benzene rings is 2. The SMILES string of the molecule is CC1=NN(c2nc(-c3cccc([N+](=O)[O-])c3)cs2)C(=O)C1N=Nc1ccccc1Cl. The monoisotopic (exact) mass is 440 g/mol. The van der Waals surface area contributed by atoms with Crippen molar-refractivity contribution < 1.29 is 9.72 Å². The van der Waals surface area contributed by atoms with Gasteiger partial charge in [-0.2, -0.15) is 20.3 Å². The quantitative estimate of drug-likeness (QED) is 0.306. The molecule has 1 aliphatic rings. The Balaban J connectivity index is 1.56. The number of non-ortho nitro benzene ring substituents is 1. The zero-order valence-electron chi connectivity index (χ0n) is 15.5. The standard InChI is InChI=1S/C19H13ClN6O3S/c1-11-17(23-22-15-8-3-2-7-14(15)20)18(27)25(24-11)19-21-16(10-30-19)12-5-4-6-13(9-12)26(28)29/h2-10,17H,1H3. The predicted molar refractivity (Wildman–Crippen MR) is 115 cm³/mol. The number of thiazole rings is 1. The Morgan fingerprint density at radius 1 is 1.23 bits per heavy atom. The lowest BCUT2D eigenvalue weighted by atomic mass is 10.1. The van der Waals surface area contributed by atoms with Crippen LogP contribution in [0.4, 0.5) is 16.5 Å². The normalized spacial score (nSPS) is 16.3. The predicted octanol–water partition coefficient (Wildman–Crippen LogP) is 5.25. The number of azo groups is 1. The van der Waals surface area contributed by atoms with Crippen LogP contribution >= 0.6 is 22.9 Å². The van der Waals surface area contributed by atoms with Gasteiger partial charge in [0.25, 0.3) is 11.6 Å². The van der Waals surface area contributed by atoms with E-state index >= 15 is 0 Å². The molecular formula is C19H13ClN6O3S. The van der Waals surface area contributed by atoms with Crippen LogP contribution in [0.25, 0.3) is 11.3 Å². The van der Waals surface area contributed by atoms with E-state index in [1.54, 1.807) is 48.7 Å². The fourth-order valence-corrected chi connectivity index (χ4v) is 3.71. The summed E-state index contributed by atoms with van der Waals surface area (Å²) in [5.74, 6) is -0.386. The van der Waals surface area contributed by atoms with Crippen LogP contribution < -0.4 is 5.01 Å². The van der Waals surface area contributed by atoms with Gasteiger partial charge in [0.2, 0.25) is 5.13 Å². The summed E-state index contributed by atoms with van der Waals surface area (Å²) >= 11 is 7.27. The van der Waals surface area contributed by atoms with E-state index in [0.717, 1.165) is 0 Å². The summed E-state index contributed by atoms with van der Waals surface area (Å²) in [5.41, 5.74) is 1.99. The van der Waals surface area contributed by atoms with E-state index < -0.39 is 11.0 Å². The number of halogens is 1. The highest BCUT2D eigenvalue weighted by Gasteiger charge is 2.36. The molecule has 0 radical (unpaired) electrons. The largest absolute Gasteiger partial charge is 0.282 e. The molecule has 1 aliphatic heterocycles. The van der Waals surface area contributed by atoms with Crippen LogP contribution in [-0.2, 0) is 4.79 Å². The summed E-state index contributed by atoms with van der Waals surface area (Å²) in [7, 11) is 0. The average Bonchev–Trinajstić information content (AvgIpc) is 3.33. The number of nitro groups is 1. The van der Waals surface area contributed by atoms with Crippen LogP contribution in [0.15, 0.2) is 69.2 Å². The number of nitro benzene ring substituents is 1. The van der Waals surface area contributed by atoms with Gasteiger partial charge in [-0.15, -0.1) is 11.3 Å². The van der Waals surface area contributed by atoms with E-state index in [2.05, 4.69) is 20.3 Å². The summed E-state index contributed by atoms with van der Waals surface area (Å²) in [6.07, 6.45) is 0. The first-order valence-electron chi connectivity index (χ1n) is 8.69. The zero-order valence-corrected chi connectivity index (χ0v) is 17.0. The molecular weight excluding hydrogens is 428 g/mol. The molecule has 1 amide bonds. The maximum Gasteiger partial charge on any atom is 0.282 e. The van der Waals surface area contributed by atoms with Crippen LogP contribution in [0, 0.1) is 10.1 Å². The fourth-order valence-electron chi connectivity index (χ4n) is 2.75. The minimum absolute atomic E-state index is 0.0341. The maximum absolute atomic E-state index is 12.8. The third kappa shape index (κ3) is 3.82. The third-order valence-corrected chi connectivity index (χ3v) is 5.39. The van der Waals surface area contributed by atoms with Crippen molar-refractivity contribution in [2.75, 3.05) is 5.01 Å². The Morgan fingerprint density at radius 2 is 2.03 bits per heavy atom. The van der Waals surface area contributed by atoms with Crippen LogP contribution in [0.5, 0.6) is 0 Å². The lowest BCUT2D eigenvalue weighted by Crippen LogP contribution is -2.29. The minimum atomic E-state index is -0.869. The van der Waals surface area contributed by atoms with Gasteiger partial charge in [0, 0.05) is 23.1 Å². The van der Waals surface area contributed by atoms with Crippen LogP contribution in [-0.4, -0.2) is 27.6 Å². The van der Waals surface area contributed by atoms with Gasteiger partial charge in [0.15, 0.2) is 6.04 Å². The topological polar surface area (TPSA) is 113 Å². The van der Waals surface area contributed by atoms with Gasteiger partial charge in [0.1, 0.15) is 5.69 Å². The number of hydrogen-bond donors (Lipinski definition) is 0. The molecule has 0 saturated carbocycles. The molecule has 2 aromatic carbocycles. The van der Waals surface area contributed by atoms with Crippen molar-refractivity contribution in [3.05, 3.63) is 69.0 Å². The minimum Gasteiger partial charge on any atom is -0.269 e. The number of carbonyl (C=O) groups excluding carboxylic acids is 1. The molecule has 0 N–H and O–H groups in total. The lowest BCUT2D eigenvalue weighted by molar-refractivity contribution is -0.384. The molecule has 0 aliphatic carbocycles. The molecule has 11 heteroatoms. The molecule has 0 bridgehead atoms. The number of hydrazone groups is 1. The number of rotatable bonds is 5. The van der Waals surface area contributed by atoms with Gasteiger partial charge in [-0.1, -0.05) is 35.9 Å². The highest BCUT2D eigenvalue weighted by molar-refractivity contribution is 7.14. The second kappa shape index (κ2) is 8.09. The summed E-state index contributed by atoms with van der Waals surface area (Å²) < 4.78 is 0. The fraction of sp³-hybridized carbons (Fsp3) is 0.105. The molecule has 0 spiro atoms. The van der Waals surface area contributed by atoms with Gasteiger partial charge < -0.3 is 0 Å². The molecule has 1 atom stereocenters. The molecule has 2 heterocycles. The summed E-state index contributed by atoms with van der Waals surface area (Å²) in [6.45, 7) is 1.68. The van der Waals surface area contributed by atoms with Crippen LogP contribution in [0.3, 0.4) is 0 Å². The first-order valence-corrected chi connectivity index (χ1v) is 9.94. The third-order valence-electron chi connectivity index (χ3n) is 4.26. The molecule has 9 nitrogen and oxygen atoms in total. The Bertz CT molecular complexity index is 1210. The molecule has 1 aromatic heterocycles. The van der Waals surface area contributed by atoms with E-state index in [-0.39, 0.29) is 11.6 Å². The summed E-state index contributed by atoms with van der Waals surface area (Å²) in [4.78, 5) is 27.7. The number of carbonyl (C=O) groups is 1. The Kier molecular flexibility index (Phi) is 5.34. The van der Waals surface area contributed by atoms with E-state index in [1.807, 2.05) is 0 Å². The Labute approximate surface area is 179 Å². The first kappa shape index (κ1) is 19.8. The van der Waals surface area contributed by atoms with Gasteiger partial charge in [0.05, 0.1) is 21.4 Å². The lowest BCUT2D eigenvalue weighted by Gasteiger charge is -2.08. The molecule has 0 fully saturated rings. The highest BCUT2D eigenvalue weighted by Crippen LogP contribution is 2.32. The van der Waals surface area contributed by atoms with Gasteiger partial charge in [-0.05, 0) is 19.1 Å². The molecule has 150 valence electrons. The number of anilines is 1. The Hall–Kier alpha value is -3.50. The van der Waals surface area contributed by atoms with E-state index in [4.69, 9.17) is 11.6 Å². The van der Waals surface area contributed by atoms with E-state index in [0.29, 0.717) is 32.8 Å². The van der Waals surface area contributed by atoms with Crippen LogP contribution in [0.1, 0.15) is 6.92 Å². The van der Waals surface area contributed by atoms with E-state index in [1.165, 1.54) is 28.5 Å². The number of nitrogens with zero attached hydrogens (tertiary/aromatic N) is 6. The van der Waals surface area contributed by atoms with E-state index in [9.17, 15) is 14.9 Å². The molecule has 1 unspecified atom stereocenters. The smallest absolute Gasteiger partial charge is 0.269 e. The highest BCUT2D eigenvalue weighted by atomic mass is 35.5. The number of amides is 1. The second-order valence-electron chi connectivity index (χ2n) is 6.28. The van der Waals surface area contributed by atoms with Gasteiger partial charge >= 0.3 is 0 Å². The first-order chi connectivity index (χ1) is 14.4. The van der Waals surface area contributed by atoms with Crippen molar-refractivity contribution >= 4 is 51.1 Å². The van der Waals surface area contributed by atoms with Crippen molar-refractivity contribution in [3.8, 4) is 11.3 Å². The Morgan fingerprint density at radius 3 is 2.80 bits per heavy atom. The molecule has 3 aromatic rings. The average molecular weight is 441 g/mol. The summed E-state index contributed by atoms with van der Waals surface area (Å²) in [6, 6.07) is 12.2. The van der Waals surface area contributed by atoms with Crippen molar-refractivity contribution in [3.63, 3.8) is 0 Å². The second-order valence-corrected chi connectivity index (χ2v) is 7.53. The molecule has 30 heavy (non-hydrogen) atoms.